The number of hydrogen-bond donors (Lipinski definition) is 4. The van der Waals surface area contributed by atoms with Crippen LogP contribution in [0.4, 0.5) is 46.0 Å². The highest BCUT2D eigenvalue weighted by Gasteiger charge is 2.21. The van der Waals surface area contributed by atoms with Gasteiger partial charge in [-0.1, -0.05) is 49.6 Å². The number of para-hydroxylation sites is 2. The lowest BCUT2D eigenvalue weighted by molar-refractivity contribution is 0.413. The van der Waals surface area contributed by atoms with Gasteiger partial charge in [0.05, 0.1) is 59.7 Å². The van der Waals surface area contributed by atoms with Crippen LogP contribution in [0.2, 0.25) is 0 Å². The Morgan fingerprint density at radius 2 is 0.935 bits per heavy atom. The lowest BCUT2D eigenvalue weighted by atomic mass is 10.1. The number of rotatable bonds is 22. The molecule has 0 bridgehead atoms. The van der Waals surface area contributed by atoms with Crippen molar-refractivity contribution in [1.82, 2.24) is 38.9 Å². The first-order valence-corrected chi connectivity index (χ1v) is 27.1. The molecule has 77 heavy (non-hydrogen) atoms. The number of aromatic nitrogens is 6. The SMILES string of the molecule is C=CS(=O)(=O)Nc1cc(Nc2nccc(-c3cn(C)c4ccccc34)n2)c(OC)cc1N(C)CCN(C)C.C=CS(=O)(=O)Nc1cc(Nc2nccc(-c3cn(C)c4ccccc34)n2)c(OC)cc1N(C)CCN(C)C.Cl. The van der Waals surface area contributed by atoms with E-state index in [1.807, 2.05) is 115 Å². The minimum Gasteiger partial charge on any atom is -0.494 e. The quantitative estimate of drug-likeness (QED) is 0.0499. The van der Waals surface area contributed by atoms with Crippen molar-refractivity contribution >= 4 is 100 Å². The van der Waals surface area contributed by atoms with Crippen LogP contribution in [0.3, 0.4) is 0 Å². The maximum Gasteiger partial charge on any atom is 0.254 e. The number of sulfonamides is 2. The molecule has 20 nitrogen and oxygen atoms in total. The standard InChI is InChI=1S/2C27H33N7O3S.ClH/c2*1-7-38(35,36)31-22-16-23(26(37-6)17-25(22)33(4)15-14-32(2)3)30-27-28-13-12-21(29-27)20-18-34(5)24-11-9-8-10-19(20)24;/h2*7-13,16-18,31H,1,14-15H2,2-6H3,(H,28,29,30);1H. The molecule has 0 fully saturated rings. The zero-order valence-corrected chi connectivity index (χ0v) is 47.4. The third-order valence-electron chi connectivity index (χ3n) is 12.3. The topological polar surface area (TPSA) is 209 Å². The Kier molecular flexibility index (Phi) is 19.2. The molecule has 408 valence electrons. The van der Waals surface area contributed by atoms with Crippen molar-refractivity contribution < 1.29 is 26.3 Å². The molecule has 0 radical (unpaired) electrons. The fraction of sp³-hybridized carbons (Fsp3) is 0.259. The minimum absolute atomic E-state index is 0. The first kappa shape index (κ1) is 58.4. The van der Waals surface area contributed by atoms with Crippen LogP contribution < -0.4 is 39.4 Å². The summed E-state index contributed by atoms with van der Waals surface area (Å²) in [5.41, 5.74) is 8.76. The van der Waals surface area contributed by atoms with Gasteiger partial charge in [0.25, 0.3) is 20.0 Å². The summed E-state index contributed by atoms with van der Waals surface area (Å²) >= 11 is 0. The van der Waals surface area contributed by atoms with Gasteiger partial charge in [-0.05, 0) is 64.6 Å². The van der Waals surface area contributed by atoms with E-state index >= 15 is 0 Å². The summed E-state index contributed by atoms with van der Waals surface area (Å²) in [6.45, 7) is 9.73. The second kappa shape index (κ2) is 25.3. The Labute approximate surface area is 457 Å². The number of benzene rings is 4. The van der Waals surface area contributed by atoms with E-state index in [4.69, 9.17) is 19.4 Å². The molecule has 0 aliphatic heterocycles. The van der Waals surface area contributed by atoms with Crippen molar-refractivity contribution in [3.05, 3.63) is 134 Å². The van der Waals surface area contributed by atoms with Gasteiger partial charge in [-0.25, -0.2) is 36.8 Å². The average molecular weight is 1110 g/mol. The molecule has 0 spiro atoms. The first-order valence-electron chi connectivity index (χ1n) is 24.0. The molecular formula is C54H67ClN14O6S2. The minimum atomic E-state index is -3.76. The van der Waals surface area contributed by atoms with E-state index in [0.29, 0.717) is 70.6 Å². The van der Waals surface area contributed by atoms with Gasteiger partial charge in [0.1, 0.15) is 11.5 Å². The predicted octanol–water partition coefficient (Wildman–Crippen LogP) is 8.96. The van der Waals surface area contributed by atoms with Crippen LogP contribution in [0.5, 0.6) is 11.5 Å². The van der Waals surface area contributed by atoms with Crippen LogP contribution >= 0.6 is 12.4 Å². The second-order valence-electron chi connectivity index (χ2n) is 18.3. The molecule has 4 N–H and O–H groups in total. The van der Waals surface area contributed by atoms with Gasteiger partial charge in [0, 0.05) is 135 Å². The molecular weight excluding hydrogens is 1040 g/mol. The molecule has 0 unspecified atom stereocenters. The molecule has 0 amide bonds. The van der Waals surface area contributed by atoms with Crippen molar-refractivity contribution in [2.75, 3.05) is 113 Å². The fourth-order valence-electron chi connectivity index (χ4n) is 8.27. The Morgan fingerprint density at radius 3 is 1.29 bits per heavy atom. The van der Waals surface area contributed by atoms with E-state index in [2.05, 4.69) is 86.4 Å². The third kappa shape index (κ3) is 14.3. The van der Waals surface area contributed by atoms with Gasteiger partial charge in [0.2, 0.25) is 11.9 Å². The van der Waals surface area contributed by atoms with E-state index in [9.17, 15) is 16.8 Å². The molecule has 8 aromatic rings. The number of anilines is 8. The Hall–Kier alpha value is -7.89. The lowest BCUT2D eigenvalue weighted by Crippen LogP contribution is -2.29. The summed E-state index contributed by atoms with van der Waals surface area (Å²) in [5.74, 6) is 1.72. The number of nitrogens with one attached hydrogen (secondary N) is 4. The molecule has 0 atom stereocenters. The number of ether oxygens (including phenoxy) is 2. The highest BCUT2D eigenvalue weighted by molar-refractivity contribution is 7.95. The third-order valence-corrected chi connectivity index (χ3v) is 14.2. The summed E-state index contributed by atoms with van der Waals surface area (Å²) in [5, 5.41) is 10.3. The summed E-state index contributed by atoms with van der Waals surface area (Å²) in [6, 6.07) is 26.9. The van der Waals surface area contributed by atoms with E-state index in [1.54, 1.807) is 50.9 Å². The number of methoxy groups -OCH3 is 2. The predicted molar refractivity (Wildman–Crippen MR) is 317 cm³/mol. The fourth-order valence-corrected chi connectivity index (χ4v) is 9.37. The average Bonchev–Trinajstić information content (AvgIpc) is 3.94. The van der Waals surface area contributed by atoms with Crippen LogP contribution in [0.15, 0.2) is 134 Å². The zero-order valence-electron chi connectivity index (χ0n) is 44.9. The molecule has 0 aliphatic rings. The molecule has 8 rings (SSSR count). The molecule has 4 heterocycles. The number of hydrogen-bond acceptors (Lipinski definition) is 16. The van der Waals surface area contributed by atoms with E-state index in [-0.39, 0.29) is 12.4 Å². The summed E-state index contributed by atoms with van der Waals surface area (Å²) < 4.78 is 70.3. The van der Waals surface area contributed by atoms with E-state index < -0.39 is 20.0 Å². The molecule has 0 saturated carbocycles. The molecule has 4 aromatic heterocycles. The van der Waals surface area contributed by atoms with Crippen LogP contribution in [-0.4, -0.2) is 138 Å². The highest BCUT2D eigenvalue weighted by Crippen LogP contribution is 2.41. The lowest BCUT2D eigenvalue weighted by Gasteiger charge is -2.26. The first-order chi connectivity index (χ1) is 36.2. The highest BCUT2D eigenvalue weighted by atomic mass is 35.5. The van der Waals surface area contributed by atoms with Crippen LogP contribution in [0, 0.1) is 0 Å². The van der Waals surface area contributed by atoms with Crippen LogP contribution in [0.1, 0.15) is 0 Å². The molecule has 23 heteroatoms. The molecule has 4 aromatic carbocycles. The van der Waals surface area contributed by atoms with E-state index in [1.165, 1.54) is 0 Å². The van der Waals surface area contributed by atoms with Crippen molar-refractivity contribution in [1.29, 1.82) is 0 Å². The van der Waals surface area contributed by atoms with Gasteiger partial charge in [-0.3, -0.25) is 9.44 Å². The summed E-state index contributed by atoms with van der Waals surface area (Å²) in [6.07, 6.45) is 7.45. The van der Waals surface area contributed by atoms with Gasteiger partial charge < -0.3 is 48.8 Å². The van der Waals surface area contributed by atoms with Crippen molar-refractivity contribution in [2.24, 2.45) is 14.1 Å². The maximum absolute atomic E-state index is 12.4. The maximum atomic E-state index is 12.4. The van der Waals surface area contributed by atoms with Gasteiger partial charge in [-0.15, -0.1) is 12.4 Å². The van der Waals surface area contributed by atoms with Gasteiger partial charge in [-0.2, -0.15) is 0 Å². The number of aryl methyl sites for hydroxylation is 2. The Bertz CT molecular complexity index is 3370. The summed E-state index contributed by atoms with van der Waals surface area (Å²) in [4.78, 5) is 26.3. The number of nitrogens with zero attached hydrogens (tertiary/aromatic N) is 10. The number of fused-ring (bicyclic) bond motifs is 2. The molecule has 0 aliphatic carbocycles. The zero-order chi connectivity index (χ0) is 54.9. The van der Waals surface area contributed by atoms with Gasteiger partial charge in [0.15, 0.2) is 0 Å². The van der Waals surface area contributed by atoms with Gasteiger partial charge >= 0.3 is 0 Å². The van der Waals surface area contributed by atoms with E-state index in [0.717, 1.165) is 68.2 Å². The van der Waals surface area contributed by atoms with Crippen LogP contribution in [-0.2, 0) is 34.1 Å². The number of likely N-dealkylation sites (N-methyl/N-ethyl adjacent to an activating group) is 4. The van der Waals surface area contributed by atoms with Crippen molar-refractivity contribution in [3.63, 3.8) is 0 Å². The van der Waals surface area contributed by atoms with Crippen molar-refractivity contribution in [3.8, 4) is 34.0 Å². The summed E-state index contributed by atoms with van der Waals surface area (Å²) in [7, 11) is 11.3. The number of halogens is 1. The second-order valence-corrected chi connectivity index (χ2v) is 21.6. The Morgan fingerprint density at radius 1 is 0.558 bits per heavy atom. The van der Waals surface area contributed by atoms with Crippen LogP contribution in [0.25, 0.3) is 44.3 Å². The monoisotopic (exact) mass is 1110 g/mol. The smallest absolute Gasteiger partial charge is 0.254 e. The largest absolute Gasteiger partial charge is 0.494 e. The molecule has 0 saturated heterocycles. The normalized spacial score (nSPS) is 11.4. The Balaban J connectivity index is 0.000000246. The van der Waals surface area contributed by atoms with Crippen molar-refractivity contribution in [2.45, 2.75) is 0 Å².